The number of carbonyl (C=O) groups is 1. The third-order valence-corrected chi connectivity index (χ3v) is 3.52. The van der Waals surface area contributed by atoms with Crippen LogP contribution in [0.25, 0.3) is 6.08 Å². The van der Waals surface area contributed by atoms with E-state index in [9.17, 15) is 4.79 Å². The lowest BCUT2D eigenvalue weighted by Gasteiger charge is -2.03. The van der Waals surface area contributed by atoms with Gasteiger partial charge in [-0.25, -0.2) is 4.99 Å². The summed E-state index contributed by atoms with van der Waals surface area (Å²) in [5.41, 5.74) is 3.30. The van der Waals surface area contributed by atoms with Crippen molar-refractivity contribution in [3.8, 4) is 0 Å². The van der Waals surface area contributed by atoms with E-state index in [0.29, 0.717) is 16.6 Å². The van der Waals surface area contributed by atoms with Crippen molar-refractivity contribution in [1.29, 1.82) is 0 Å². The highest BCUT2D eigenvalue weighted by molar-refractivity contribution is 6.30. The van der Waals surface area contributed by atoms with Crippen LogP contribution in [0.15, 0.2) is 59.2 Å². The van der Waals surface area contributed by atoms with Crippen LogP contribution in [0.3, 0.4) is 0 Å². The van der Waals surface area contributed by atoms with Gasteiger partial charge in [-0.3, -0.25) is 4.79 Å². The molecule has 1 amide bonds. The van der Waals surface area contributed by atoms with Crippen LogP contribution < -0.4 is 5.32 Å². The highest BCUT2D eigenvalue weighted by Crippen LogP contribution is 2.18. The van der Waals surface area contributed by atoms with Gasteiger partial charge >= 0.3 is 0 Å². The SMILES string of the molecule is Cc1ccccc1C1=NC(=Cc2ccc(Cl)cc2)C(=O)N1. The molecule has 1 aliphatic heterocycles. The molecule has 0 aliphatic carbocycles. The van der Waals surface area contributed by atoms with Gasteiger partial charge in [-0.1, -0.05) is 48.0 Å². The number of rotatable bonds is 2. The monoisotopic (exact) mass is 296 g/mol. The van der Waals surface area contributed by atoms with Crippen molar-refractivity contribution in [3.63, 3.8) is 0 Å². The molecule has 0 saturated heterocycles. The predicted molar refractivity (Wildman–Crippen MR) is 85.3 cm³/mol. The van der Waals surface area contributed by atoms with E-state index in [2.05, 4.69) is 10.3 Å². The quantitative estimate of drug-likeness (QED) is 0.846. The second kappa shape index (κ2) is 5.54. The molecular formula is C17H13ClN2O. The van der Waals surface area contributed by atoms with Gasteiger partial charge in [0.05, 0.1) is 0 Å². The number of hydrogen-bond acceptors (Lipinski definition) is 2. The molecular weight excluding hydrogens is 284 g/mol. The van der Waals surface area contributed by atoms with Gasteiger partial charge in [0, 0.05) is 10.6 Å². The zero-order valence-electron chi connectivity index (χ0n) is 11.4. The number of halogens is 1. The molecule has 3 nitrogen and oxygen atoms in total. The lowest BCUT2D eigenvalue weighted by molar-refractivity contribution is -0.115. The minimum Gasteiger partial charge on any atom is -0.305 e. The maximum Gasteiger partial charge on any atom is 0.275 e. The molecule has 21 heavy (non-hydrogen) atoms. The number of hydrogen-bond donors (Lipinski definition) is 1. The van der Waals surface area contributed by atoms with Gasteiger partial charge in [0.1, 0.15) is 11.5 Å². The first-order chi connectivity index (χ1) is 10.1. The van der Waals surface area contributed by atoms with Crippen LogP contribution in [-0.4, -0.2) is 11.7 Å². The average molecular weight is 297 g/mol. The third-order valence-electron chi connectivity index (χ3n) is 3.27. The van der Waals surface area contributed by atoms with E-state index in [4.69, 9.17) is 11.6 Å². The zero-order valence-corrected chi connectivity index (χ0v) is 12.2. The molecule has 3 rings (SSSR count). The van der Waals surface area contributed by atoms with Gasteiger partial charge in [-0.05, 0) is 36.3 Å². The van der Waals surface area contributed by atoms with Crippen molar-refractivity contribution in [1.82, 2.24) is 5.32 Å². The van der Waals surface area contributed by atoms with E-state index >= 15 is 0 Å². The fourth-order valence-electron chi connectivity index (χ4n) is 2.15. The van der Waals surface area contributed by atoms with Gasteiger partial charge in [0.25, 0.3) is 5.91 Å². The van der Waals surface area contributed by atoms with Crippen LogP contribution in [0.1, 0.15) is 16.7 Å². The Labute approximate surface area is 128 Å². The average Bonchev–Trinajstić information content (AvgIpc) is 2.83. The van der Waals surface area contributed by atoms with Crippen LogP contribution in [0, 0.1) is 6.92 Å². The molecule has 2 aromatic carbocycles. The number of amides is 1. The normalized spacial score (nSPS) is 16.0. The van der Waals surface area contributed by atoms with Crippen LogP contribution >= 0.6 is 11.6 Å². The number of aliphatic imine (C=N–C) groups is 1. The highest BCUT2D eigenvalue weighted by atomic mass is 35.5. The van der Waals surface area contributed by atoms with Crippen LogP contribution in [0.5, 0.6) is 0 Å². The van der Waals surface area contributed by atoms with E-state index in [0.717, 1.165) is 16.7 Å². The van der Waals surface area contributed by atoms with Crippen molar-refractivity contribution in [3.05, 3.63) is 75.9 Å². The van der Waals surface area contributed by atoms with Crippen molar-refractivity contribution in [2.45, 2.75) is 6.92 Å². The maximum atomic E-state index is 12.0. The topological polar surface area (TPSA) is 41.5 Å². The molecule has 2 aromatic rings. The van der Waals surface area contributed by atoms with Crippen molar-refractivity contribution in [2.75, 3.05) is 0 Å². The lowest BCUT2D eigenvalue weighted by atomic mass is 10.1. The number of nitrogens with zero attached hydrogens (tertiary/aromatic N) is 1. The molecule has 104 valence electrons. The third kappa shape index (κ3) is 2.88. The molecule has 1 N–H and O–H groups in total. The molecule has 0 bridgehead atoms. The molecule has 0 aromatic heterocycles. The van der Waals surface area contributed by atoms with Crippen LogP contribution in [0.2, 0.25) is 5.02 Å². The standard InChI is InChI=1S/C17H13ClN2O/c1-11-4-2-3-5-14(11)16-19-15(17(21)20-16)10-12-6-8-13(18)9-7-12/h2-10H,1H3,(H,19,20,21). The molecule has 0 spiro atoms. The van der Waals surface area contributed by atoms with Crippen molar-refractivity contribution < 1.29 is 4.79 Å². The van der Waals surface area contributed by atoms with Crippen molar-refractivity contribution in [2.24, 2.45) is 4.99 Å². The number of nitrogens with one attached hydrogen (secondary N) is 1. The summed E-state index contributed by atoms with van der Waals surface area (Å²) in [4.78, 5) is 16.4. The van der Waals surface area contributed by atoms with Gasteiger partial charge in [0.15, 0.2) is 0 Å². The van der Waals surface area contributed by atoms with Crippen LogP contribution in [-0.2, 0) is 4.79 Å². The first kappa shape index (κ1) is 13.6. The molecule has 0 atom stereocenters. The van der Waals surface area contributed by atoms with E-state index in [1.807, 2.05) is 43.3 Å². The summed E-state index contributed by atoms with van der Waals surface area (Å²) in [6.45, 7) is 1.99. The highest BCUT2D eigenvalue weighted by Gasteiger charge is 2.21. The minimum atomic E-state index is -0.191. The van der Waals surface area contributed by atoms with E-state index in [1.165, 1.54) is 0 Å². The number of benzene rings is 2. The Morgan fingerprint density at radius 2 is 1.81 bits per heavy atom. The van der Waals surface area contributed by atoms with Gasteiger partial charge in [-0.15, -0.1) is 0 Å². The Hall–Kier alpha value is -2.39. The van der Waals surface area contributed by atoms with Gasteiger partial charge in [-0.2, -0.15) is 0 Å². The predicted octanol–water partition coefficient (Wildman–Crippen LogP) is 3.57. The summed E-state index contributed by atoms with van der Waals surface area (Å²) < 4.78 is 0. The molecule has 1 aliphatic rings. The Kier molecular flexibility index (Phi) is 3.59. The summed E-state index contributed by atoms with van der Waals surface area (Å²) >= 11 is 5.85. The summed E-state index contributed by atoms with van der Waals surface area (Å²) in [6.07, 6.45) is 1.75. The second-order valence-electron chi connectivity index (χ2n) is 4.81. The van der Waals surface area contributed by atoms with E-state index in [1.54, 1.807) is 18.2 Å². The zero-order chi connectivity index (χ0) is 14.8. The Morgan fingerprint density at radius 3 is 2.52 bits per heavy atom. The Balaban J connectivity index is 1.96. The second-order valence-corrected chi connectivity index (χ2v) is 5.25. The number of carbonyl (C=O) groups excluding carboxylic acids is 1. The van der Waals surface area contributed by atoms with Gasteiger partial charge < -0.3 is 5.32 Å². The molecule has 4 heteroatoms. The fourth-order valence-corrected chi connectivity index (χ4v) is 2.28. The van der Waals surface area contributed by atoms with E-state index < -0.39 is 0 Å². The smallest absolute Gasteiger partial charge is 0.275 e. The fraction of sp³-hybridized carbons (Fsp3) is 0.0588. The molecule has 0 saturated carbocycles. The van der Waals surface area contributed by atoms with Crippen molar-refractivity contribution >= 4 is 29.4 Å². The lowest BCUT2D eigenvalue weighted by Crippen LogP contribution is -2.25. The maximum absolute atomic E-state index is 12.0. The molecule has 0 fully saturated rings. The molecule has 1 heterocycles. The minimum absolute atomic E-state index is 0.191. The summed E-state index contributed by atoms with van der Waals surface area (Å²) in [6, 6.07) is 15.1. The summed E-state index contributed by atoms with van der Waals surface area (Å²) in [7, 11) is 0. The summed E-state index contributed by atoms with van der Waals surface area (Å²) in [5, 5.41) is 3.47. The van der Waals surface area contributed by atoms with Gasteiger partial charge in [0.2, 0.25) is 0 Å². The first-order valence-corrected chi connectivity index (χ1v) is 6.94. The largest absolute Gasteiger partial charge is 0.305 e. The summed E-state index contributed by atoms with van der Waals surface area (Å²) in [5.74, 6) is 0.404. The molecule has 0 radical (unpaired) electrons. The Bertz CT molecular complexity index is 761. The Morgan fingerprint density at radius 1 is 1.10 bits per heavy atom. The number of aryl methyl sites for hydroxylation is 1. The first-order valence-electron chi connectivity index (χ1n) is 6.57. The molecule has 0 unspecified atom stereocenters. The number of amidine groups is 1. The van der Waals surface area contributed by atoms with E-state index in [-0.39, 0.29) is 5.91 Å². The van der Waals surface area contributed by atoms with Crippen LogP contribution in [0.4, 0.5) is 0 Å².